The Balaban J connectivity index is 2.00. The van der Waals surface area contributed by atoms with E-state index in [2.05, 4.69) is 5.32 Å². The zero-order chi connectivity index (χ0) is 16.3. The van der Waals surface area contributed by atoms with Gasteiger partial charge in [-0.15, -0.1) is 0 Å². The summed E-state index contributed by atoms with van der Waals surface area (Å²) in [6, 6.07) is 8.55. The van der Waals surface area contributed by atoms with Gasteiger partial charge in [-0.25, -0.2) is 0 Å². The number of benzene rings is 2. The summed E-state index contributed by atoms with van der Waals surface area (Å²) in [5.41, 5.74) is 3.19. The number of aryl methyl sites for hydroxylation is 3. The van der Waals surface area contributed by atoms with Crippen molar-refractivity contribution >= 4 is 23.2 Å². The molecule has 0 fully saturated rings. The zero-order valence-electron chi connectivity index (χ0n) is 12.7. The Morgan fingerprint density at radius 1 is 1.14 bits per heavy atom. The SMILES string of the molecule is Cc1cc(O)c(NC(=O)COc2ccc(Cl)cc2C)cc1C. The fraction of sp³-hybridized carbons (Fsp3) is 0.235. The van der Waals surface area contributed by atoms with Gasteiger partial charge in [0, 0.05) is 5.02 Å². The first-order chi connectivity index (χ1) is 10.4. The van der Waals surface area contributed by atoms with Crippen molar-refractivity contribution in [2.24, 2.45) is 0 Å². The van der Waals surface area contributed by atoms with Crippen LogP contribution in [-0.2, 0) is 4.79 Å². The molecular weight excluding hydrogens is 302 g/mol. The molecule has 0 saturated carbocycles. The van der Waals surface area contributed by atoms with Crippen LogP contribution >= 0.6 is 11.6 Å². The average molecular weight is 320 g/mol. The van der Waals surface area contributed by atoms with E-state index in [1.807, 2.05) is 20.8 Å². The predicted octanol–water partition coefficient (Wildman–Crippen LogP) is 3.99. The molecule has 0 aromatic heterocycles. The van der Waals surface area contributed by atoms with Gasteiger partial charge in [0.15, 0.2) is 6.61 Å². The van der Waals surface area contributed by atoms with Gasteiger partial charge >= 0.3 is 0 Å². The van der Waals surface area contributed by atoms with Gasteiger partial charge in [-0.05, 0) is 67.8 Å². The highest BCUT2D eigenvalue weighted by atomic mass is 35.5. The van der Waals surface area contributed by atoms with Crippen molar-refractivity contribution in [2.45, 2.75) is 20.8 Å². The Labute approximate surface area is 134 Å². The maximum atomic E-state index is 11.9. The number of phenols is 1. The van der Waals surface area contributed by atoms with Crippen molar-refractivity contribution in [3.05, 3.63) is 52.0 Å². The van der Waals surface area contributed by atoms with Crippen molar-refractivity contribution in [1.29, 1.82) is 0 Å². The molecule has 22 heavy (non-hydrogen) atoms. The fourth-order valence-electron chi connectivity index (χ4n) is 2.01. The van der Waals surface area contributed by atoms with Crippen LogP contribution in [-0.4, -0.2) is 17.6 Å². The number of carbonyl (C=O) groups is 1. The molecule has 0 heterocycles. The number of rotatable bonds is 4. The van der Waals surface area contributed by atoms with Crippen LogP contribution in [0, 0.1) is 20.8 Å². The van der Waals surface area contributed by atoms with E-state index < -0.39 is 0 Å². The summed E-state index contributed by atoms with van der Waals surface area (Å²) < 4.78 is 5.47. The Kier molecular flexibility index (Phi) is 4.93. The minimum atomic E-state index is -0.340. The molecule has 4 nitrogen and oxygen atoms in total. The highest BCUT2D eigenvalue weighted by molar-refractivity contribution is 6.30. The molecule has 0 aliphatic heterocycles. The number of nitrogens with one attached hydrogen (secondary N) is 1. The van der Waals surface area contributed by atoms with Gasteiger partial charge < -0.3 is 15.2 Å². The second kappa shape index (κ2) is 6.71. The number of hydrogen-bond donors (Lipinski definition) is 2. The van der Waals surface area contributed by atoms with Crippen LogP contribution in [0.15, 0.2) is 30.3 Å². The molecule has 0 atom stereocenters. The molecule has 0 bridgehead atoms. The van der Waals surface area contributed by atoms with E-state index in [4.69, 9.17) is 16.3 Å². The molecule has 2 N–H and O–H groups in total. The smallest absolute Gasteiger partial charge is 0.262 e. The van der Waals surface area contributed by atoms with Crippen LogP contribution < -0.4 is 10.1 Å². The summed E-state index contributed by atoms with van der Waals surface area (Å²) >= 11 is 5.87. The van der Waals surface area contributed by atoms with Gasteiger partial charge in [0.25, 0.3) is 5.91 Å². The van der Waals surface area contributed by atoms with Crippen LogP contribution in [0.3, 0.4) is 0 Å². The van der Waals surface area contributed by atoms with Gasteiger partial charge in [-0.1, -0.05) is 11.6 Å². The third-order valence-electron chi connectivity index (χ3n) is 3.38. The summed E-state index contributed by atoms with van der Waals surface area (Å²) in [6.07, 6.45) is 0. The van der Waals surface area contributed by atoms with Crippen molar-refractivity contribution in [1.82, 2.24) is 0 Å². The minimum Gasteiger partial charge on any atom is -0.506 e. The van der Waals surface area contributed by atoms with Crippen molar-refractivity contribution < 1.29 is 14.6 Å². The van der Waals surface area contributed by atoms with E-state index in [1.165, 1.54) is 0 Å². The average Bonchev–Trinajstić information content (AvgIpc) is 2.44. The van der Waals surface area contributed by atoms with E-state index in [0.29, 0.717) is 16.5 Å². The summed E-state index contributed by atoms with van der Waals surface area (Å²) in [5, 5.41) is 13.1. The van der Waals surface area contributed by atoms with Gasteiger partial charge in [0.05, 0.1) is 5.69 Å². The van der Waals surface area contributed by atoms with Crippen LogP contribution in [0.25, 0.3) is 0 Å². The molecule has 2 aromatic carbocycles. The van der Waals surface area contributed by atoms with Crippen LogP contribution in [0.5, 0.6) is 11.5 Å². The quantitative estimate of drug-likeness (QED) is 0.838. The number of ether oxygens (including phenoxy) is 1. The Hall–Kier alpha value is -2.20. The van der Waals surface area contributed by atoms with Crippen LogP contribution in [0.2, 0.25) is 5.02 Å². The minimum absolute atomic E-state index is 0.0409. The Morgan fingerprint density at radius 2 is 1.82 bits per heavy atom. The number of aromatic hydroxyl groups is 1. The monoisotopic (exact) mass is 319 g/mol. The van der Waals surface area contributed by atoms with Crippen molar-refractivity contribution in [3.63, 3.8) is 0 Å². The summed E-state index contributed by atoms with van der Waals surface area (Å²) in [6.45, 7) is 5.52. The third-order valence-corrected chi connectivity index (χ3v) is 3.62. The summed E-state index contributed by atoms with van der Waals surface area (Å²) in [7, 11) is 0. The van der Waals surface area contributed by atoms with Gasteiger partial charge in [0.2, 0.25) is 0 Å². The molecule has 0 unspecified atom stereocenters. The topological polar surface area (TPSA) is 58.6 Å². The molecule has 5 heteroatoms. The molecule has 2 rings (SSSR count). The lowest BCUT2D eigenvalue weighted by Gasteiger charge is -2.12. The second-order valence-electron chi connectivity index (χ2n) is 5.20. The number of amides is 1. The van der Waals surface area contributed by atoms with Gasteiger partial charge in [0.1, 0.15) is 11.5 Å². The molecule has 1 amide bonds. The van der Waals surface area contributed by atoms with Gasteiger partial charge in [-0.2, -0.15) is 0 Å². The molecule has 0 radical (unpaired) electrons. The number of halogens is 1. The Morgan fingerprint density at radius 3 is 2.50 bits per heavy atom. The molecule has 2 aromatic rings. The molecular formula is C17H18ClNO3. The predicted molar refractivity (Wildman–Crippen MR) is 87.9 cm³/mol. The van der Waals surface area contributed by atoms with Crippen molar-refractivity contribution in [3.8, 4) is 11.5 Å². The zero-order valence-corrected chi connectivity index (χ0v) is 13.5. The number of carbonyl (C=O) groups excluding carboxylic acids is 1. The standard InChI is InChI=1S/C17H18ClNO3/c1-10-7-14(15(20)8-11(10)2)19-17(21)9-22-16-5-4-13(18)6-12(16)3/h4-8,20H,9H2,1-3H3,(H,19,21). The molecule has 0 spiro atoms. The fourth-order valence-corrected chi connectivity index (χ4v) is 2.23. The second-order valence-corrected chi connectivity index (χ2v) is 5.64. The van der Waals surface area contributed by atoms with E-state index in [1.54, 1.807) is 30.3 Å². The summed E-state index contributed by atoms with van der Waals surface area (Å²) in [5.74, 6) is 0.302. The lowest BCUT2D eigenvalue weighted by molar-refractivity contribution is -0.118. The van der Waals surface area contributed by atoms with Crippen LogP contribution in [0.4, 0.5) is 5.69 Å². The molecule has 0 aliphatic carbocycles. The first-order valence-corrected chi connectivity index (χ1v) is 7.23. The van der Waals surface area contributed by atoms with E-state index in [9.17, 15) is 9.90 Å². The van der Waals surface area contributed by atoms with E-state index >= 15 is 0 Å². The maximum absolute atomic E-state index is 11.9. The number of hydrogen-bond acceptors (Lipinski definition) is 3. The third kappa shape index (κ3) is 3.92. The lowest BCUT2D eigenvalue weighted by Crippen LogP contribution is -2.20. The van der Waals surface area contributed by atoms with Gasteiger partial charge in [-0.3, -0.25) is 4.79 Å². The molecule has 0 saturated heterocycles. The van der Waals surface area contributed by atoms with Crippen LogP contribution in [0.1, 0.15) is 16.7 Å². The molecule has 116 valence electrons. The normalized spacial score (nSPS) is 10.4. The molecule has 0 aliphatic rings. The number of phenolic OH excluding ortho intramolecular Hbond substituents is 1. The maximum Gasteiger partial charge on any atom is 0.262 e. The number of anilines is 1. The Bertz CT molecular complexity index is 713. The highest BCUT2D eigenvalue weighted by Crippen LogP contribution is 2.27. The van der Waals surface area contributed by atoms with E-state index in [-0.39, 0.29) is 18.3 Å². The largest absolute Gasteiger partial charge is 0.506 e. The van der Waals surface area contributed by atoms with E-state index in [0.717, 1.165) is 16.7 Å². The first-order valence-electron chi connectivity index (χ1n) is 6.86. The lowest BCUT2D eigenvalue weighted by atomic mass is 10.1. The highest BCUT2D eigenvalue weighted by Gasteiger charge is 2.10. The summed E-state index contributed by atoms with van der Waals surface area (Å²) in [4.78, 5) is 11.9. The first kappa shape index (κ1) is 16.2. The van der Waals surface area contributed by atoms with Crippen molar-refractivity contribution in [2.75, 3.05) is 11.9 Å².